The van der Waals surface area contributed by atoms with E-state index in [9.17, 15) is 0 Å². The Morgan fingerprint density at radius 1 is 1.28 bits per heavy atom. The molecule has 25 heavy (non-hydrogen) atoms. The molecule has 136 valence electrons. The van der Waals surface area contributed by atoms with Crippen LogP contribution >= 0.6 is 11.3 Å². The van der Waals surface area contributed by atoms with Crippen LogP contribution in [0, 0.1) is 12.8 Å². The van der Waals surface area contributed by atoms with Crippen molar-refractivity contribution in [3.63, 3.8) is 0 Å². The van der Waals surface area contributed by atoms with Gasteiger partial charge in [0.25, 0.3) is 0 Å². The minimum atomic E-state index is 0.406. The number of benzene rings is 1. The fraction of sp³-hybridized carbons (Fsp3) is 0.474. The highest BCUT2D eigenvalue weighted by Gasteiger charge is 2.05. The second-order valence-electron chi connectivity index (χ2n) is 6.10. The highest BCUT2D eigenvalue weighted by Crippen LogP contribution is 2.10. The number of guanidine groups is 1. The van der Waals surface area contributed by atoms with Crippen LogP contribution in [0.2, 0.25) is 0 Å². The van der Waals surface area contributed by atoms with Gasteiger partial charge in [-0.3, -0.25) is 4.99 Å². The predicted octanol–water partition coefficient (Wildman–Crippen LogP) is 3.01. The van der Waals surface area contributed by atoms with Crippen LogP contribution in [0.15, 0.2) is 41.5 Å². The Morgan fingerprint density at radius 3 is 2.76 bits per heavy atom. The molecule has 0 saturated carbocycles. The van der Waals surface area contributed by atoms with Crippen LogP contribution in [0.3, 0.4) is 0 Å². The van der Waals surface area contributed by atoms with Crippen molar-refractivity contribution >= 4 is 17.3 Å². The fourth-order valence-electron chi connectivity index (χ4n) is 2.31. The van der Waals surface area contributed by atoms with E-state index < -0.39 is 0 Å². The van der Waals surface area contributed by atoms with Gasteiger partial charge < -0.3 is 15.4 Å². The first-order valence-corrected chi connectivity index (χ1v) is 9.46. The zero-order chi connectivity index (χ0) is 17.9. The summed E-state index contributed by atoms with van der Waals surface area (Å²) in [7, 11) is 1.79. The van der Waals surface area contributed by atoms with Crippen molar-refractivity contribution in [2.24, 2.45) is 10.9 Å². The number of ether oxygens (including phenoxy) is 1. The number of aryl methyl sites for hydroxylation is 1. The third kappa shape index (κ3) is 7.67. The highest BCUT2D eigenvalue weighted by atomic mass is 32.1. The molecule has 2 rings (SSSR count). The first-order valence-electron chi connectivity index (χ1n) is 8.65. The van der Waals surface area contributed by atoms with Crippen LogP contribution in [-0.2, 0) is 17.8 Å². The third-order valence-electron chi connectivity index (χ3n) is 3.66. The standard InChI is InChI=1S/C19H28N4OS/c1-15(13-24-14-17-7-5-4-6-8-17)11-23-19(20-3)21-10-9-18-22-12-16(2)25-18/h4-8,12,15H,9-11,13-14H2,1-3H3,(H2,20,21,23). The van der Waals surface area contributed by atoms with E-state index in [0.29, 0.717) is 12.5 Å². The van der Waals surface area contributed by atoms with Gasteiger partial charge in [-0.2, -0.15) is 0 Å². The average Bonchev–Trinajstić information content (AvgIpc) is 3.04. The van der Waals surface area contributed by atoms with Crippen molar-refractivity contribution in [3.05, 3.63) is 52.0 Å². The number of thiazole rings is 1. The van der Waals surface area contributed by atoms with E-state index in [-0.39, 0.29) is 0 Å². The van der Waals surface area contributed by atoms with Crippen LogP contribution in [0.4, 0.5) is 0 Å². The van der Waals surface area contributed by atoms with Gasteiger partial charge in [0, 0.05) is 37.6 Å². The van der Waals surface area contributed by atoms with Crippen molar-refractivity contribution in [2.75, 3.05) is 26.7 Å². The molecule has 0 bridgehead atoms. The summed E-state index contributed by atoms with van der Waals surface area (Å²) in [5.41, 5.74) is 1.21. The van der Waals surface area contributed by atoms with Crippen LogP contribution in [0.5, 0.6) is 0 Å². The van der Waals surface area contributed by atoms with Gasteiger partial charge in [0.1, 0.15) is 0 Å². The van der Waals surface area contributed by atoms with Crippen LogP contribution in [0.25, 0.3) is 0 Å². The highest BCUT2D eigenvalue weighted by molar-refractivity contribution is 7.11. The molecule has 0 aliphatic heterocycles. The maximum Gasteiger partial charge on any atom is 0.191 e. The van der Waals surface area contributed by atoms with E-state index in [2.05, 4.69) is 46.6 Å². The Morgan fingerprint density at radius 2 is 2.08 bits per heavy atom. The lowest BCUT2D eigenvalue weighted by Gasteiger charge is -2.16. The monoisotopic (exact) mass is 360 g/mol. The molecule has 1 aromatic carbocycles. The molecule has 1 atom stereocenters. The van der Waals surface area contributed by atoms with Gasteiger partial charge in [-0.15, -0.1) is 11.3 Å². The minimum Gasteiger partial charge on any atom is -0.376 e. The van der Waals surface area contributed by atoms with Gasteiger partial charge in [0.05, 0.1) is 18.2 Å². The van der Waals surface area contributed by atoms with Crippen LogP contribution in [-0.4, -0.2) is 37.7 Å². The largest absolute Gasteiger partial charge is 0.376 e. The molecule has 0 amide bonds. The molecule has 0 aliphatic rings. The number of hydrogen-bond acceptors (Lipinski definition) is 4. The first-order chi connectivity index (χ1) is 12.2. The Hall–Kier alpha value is -1.92. The number of aromatic nitrogens is 1. The van der Waals surface area contributed by atoms with Crippen LogP contribution in [0.1, 0.15) is 22.4 Å². The summed E-state index contributed by atoms with van der Waals surface area (Å²) in [6.45, 7) is 7.28. The Labute approximate surface area is 154 Å². The molecule has 0 spiro atoms. The second kappa shape index (κ2) is 10.8. The zero-order valence-corrected chi connectivity index (χ0v) is 16.1. The van der Waals surface area contributed by atoms with Crippen molar-refractivity contribution < 1.29 is 4.74 Å². The van der Waals surface area contributed by atoms with Crippen molar-refractivity contribution in [2.45, 2.75) is 26.9 Å². The Balaban J connectivity index is 1.59. The molecule has 1 heterocycles. The lowest BCUT2D eigenvalue weighted by atomic mass is 10.2. The van der Waals surface area contributed by atoms with E-state index in [1.165, 1.54) is 10.4 Å². The summed E-state index contributed by atoms with van der Waals surface area (Å²) in [5, 5.41) is 7.84. The van der Waals surface area contributed by atoms with E-state index in [0.717, 1.165) is 37.1 Å². The van der Waals surface area contributed by atoms with Gasteiger partial charge in [0.15, 0.2) is 5.96 Å². The number of nitrogens with one attached hydrogen (secondary N) is 2. The predicted molar refractivity (Wildman–Crippen MR) is 105 cm³/mol. The molecule has 2 N–H and O–H groups in total. The summed E-state index contributed by atoms with van der Waals surface area (Å²) in [6, 6.07) is 10.3. The van der Waals surface area contributed by atoms with Gasteiger partial charge in [0.2, 0.25) is 0 Å². The SMILES string of the molecule is CN=C(NCCc1ncc(C)s1)NCC(C)COCc1ccccc1. The van der Waals surface area contributed by atoms with Gasteiger partial charge >= 0.3 is 0 Å². The van der Waals surface area contributed by atoms with E-state index in [1.807, 2.05) is 24.4 Å². The quantitative estimate of drug-likeness (QED) is 0.533. The first kappa shape index (κ1) is 19.4. The smallest absolute Gasteiger partial charge is 0.191 e. The lowest BCUT2D eigenvalue weighted by Crippen LogP contribution is -2.40. The van der Waals surface area contributed by atoms with Crippen LogP contribution < -0.4 is 10.6 Å². The second-order valence-corrected chi connectivity index (χ2v) is 7.42. The number of nitrogens with zero attached hydrogens (tertiary/aromatic N) is 2. The number of rotatable bonds is 9. The summed E-state index contributed by atoms with van der Waals surface area (Å²) < 4.78 is 5.78. The van der Waals surface area contributed by atoms with E-state index in [4.69, 9.17) is 4.74 Å². The van der Waals surface area contributed by atoms with Crippen molar-refractivity contribution in [1.82, 2.24) is 15.6 Å². The molecular formula is C19H28N4OS. The molecule has 5 nitrogen and oxygen atoms in total. The van der Waals surface area contributed by atoms with Gasteiger partial charge in [-0.25, -0.2) is 4.98 Å². The van der Waals surface area contributed by atoms with Gasteiger partial charge in [-0.1, -0.05) is 37.3 Å². The summed E-state index contributed by atoms with van der Waals surface area (Å²) in [5.74, 6) is 1.23. The van der Waals surface area contributed by atoms with Crippen molar-refractivity contribution in [1.29, 1.82) is 0 Å². The molecule has 6 heteroatoms. The molecule has 0 fully saturated rings. The Kier molecular flexibility index (Phi) is 8.42. The molecule has 0 saturated heterocycles. The van der Waals surface area contributed by atoms with Crippen molar-refractivity contribution in [3.8, 4) is 0 Å². The molecule has 2 aromatic rings. The fourth-order valence-corrected chi connectivity index (χ4v) is 3.09. The lowest BCUT2D eigenvalue weighted by molar-refractivity contribution is 0.0931. The average molecular weight is 361 g/mol. The molecule has 1 aromatic heterocycles. The summed E-state index contributed by atoms with van der Waals surface area (Å²) >= 11 is 1.74. The van der Waals surface area contributed by atoms with Gasteiger partial charge in [-0.05, 0) is 18.4 Å². The van der Waals surface area contributed by atoms with E-state index in [1.54, 1.807) is 18.4 Å². The maximum atomic E-state index is 5.78. The molecular weight excluding hydrogens is 332 g/mol. The normalized spacial score (nSPS) is 12.8. The number of hydrogen-bond donors (Lipinski definition) is 2. The molecule has 0 aliphatic carbocycles. The molecule has 1 unspecified atom stereocenters. The summed E-state index contributed by atoms with van der Waals surface area (Å²) in [6.07, 6.45) is 2.83. The maximum absolute atomic E-state index is 5.78. The zero-order valence-electron chi connectivity index (χ0n) is 15.3. The molecule has 0 radical (unpaired) electrons. The number of aliphatic imine (C=N–C) groups is 1. The minimum absolute atomic E-state index is 0.406. The topological polar surface area (TPSA) is 58.5 Å². The third-order valence-corrected chi connectivity index (χ3v) is 4.63. The summed E-state index contributed by atoms with van der Waals surface area (Å²) in [4.78, 5) is 9.89. The van der Waals surface area contributed by atoms with E-state index >= 15 is 0 Å². The Bertz CT molecular complexity index is 642.